The van der Waals surface area contributed by atoms with Crippen LogP contribution in [0.2, 0.25) is 0 Å². The fourth-order valence-electron chi connectivity index (χ4n) is 0.789. The Morgan fingerprint density at radius 2 is 2.00 bits per heavy atom. The van der Waals surface area contributed by atoms with Gasteiger partial charge in [0.1, 0.15) is 0 Å². The summed E-state index contributed by atoms with van der Waals surface area (Å²) in [7, 11) is 1.99. The molecule has 0 saturated heterocycles. The van der Waals surface area contributed by atoms with Crippen molar-refractivity contribution in [3.8, 4) is 0 Å². The molecule has 1 unspecified atom stereocenters. The summed E-state index contributed by atoms with van der Waals surface area (Å²) in [6.45, 7) is 6.30. The van der Waals surface area contributed by atoms with Gasteiger partial charge in [-0.15, -0.1) is 0 Å². The SMILES string of the molecule is CCC(=N)N(C)C(C)CC. The standard InChI is InChI=1S/C8H18N2/c1-5-7(3)10(4)8(9)6-2/h7,9H,5-6H2,1-4H3. The molecule has 1 atom stereocenters. The highest BCUT2D eigenvalue weighted by Gasteiger charge is 2.07. The molecule has 0 aliphatic rings. The van der Waals surface area contributed by atoms with Crippen molar-refractivity contribution in [3.63, 3.8) is 0 Å². The predicted octanol–water partition coefficient (Wildman–Crippen LogP) is 2.10. The third kappa shape index (κ3) is 2.38. The Balaban J connectivity index is 3.81. The van der Waals surface area contributed by atoms with Crippen molar-refractivity contribution in [3.05, 3.63) is 0 Å². The minimum absolute atomic E-state index is 0.507. The second kappa shape index (κ2) is 4.31. The van der Waals surface area contributed by atoms with E-state index in [1.807, 2.05) is 18.9 Å². The molecule has 1 N–H and O–H groups in total. The van der Waals surface area contributed by atoms with Crippen molar-refractivity contribution >= 4 is 5.84 Å². The van der Waals surface area contributed by atoms with Gasteiger partial charge < -0.3 is 4.90 Å². The van der Waals surface area contributed by atoms with Crippen LogP contribution in [-0.2, 0) is 0 Å². The monoisotopic (exact) mass is 142 g/mol. The summed E-state index contributed by atoms with van der Waals surface area (Å²) in [6, 6.07) is 0.507. The first-order valence-electron chi connectivity index (χ1n) is 3.93. The van der Waals surface area contributed by atoms with Gasteiger partial charge in [0.05, 0.1) is 5.84 Å². The van der Waals surface area contributed by atoms with E-state index in [0.29, 0.717) is 6.04 Å². The summed E-state index contributed by atoms with van der Waals surface area (Å²) >= 11 is 0. The predicted molar refractivity (Wildman–Crippen MR) is 45.5 cm³/mol. The minimum atomic E-state index is 0.507. The minimum Gasteiger partial charge on any atom is -0.361 e. The van der Waals surface area contributed by atoms with Gasteiger partial charge in [-0.2, -0.15) is 0 Å². The average Bonchev–Trinajstić information content (AvgIpc) is 2.00. The van der Waals surface area contributed by atoms with Crippen LogP contribution in [-0.4, -0.2) is 23.8 Å². The molecule has 0 aromatic carbocycles. The molecule has 0 aliphatic carbocycles. The average molecular weight is 142 g/mol. The van der Waals surface area contributed by atoms with Crippen molar-refractivity contribution in [2.75, 3.05) is 7.05 Å². The molecule has 0 amide bonds. The molecule has 2 heteroatoms. The van der Waals surface area contributed by atoms with Crippen LogP contribution in [0.25, 0.3) is 0 Å². The lowest BCUT2D eigenvalue weighted by molar-refractivity contribution is 0.372. The van der Waals surface area contributed by atoms with Crippen LogP contribution in [0.4, 0.5) is 0 Å². The molecule has 10 heavy (non-hydrogen) atoms. The van der Waals surface area contributed by atoms with Crippen LogP contribution in [0.5, 0.6) is 0 Å². The van der Waals surface area contributed by atoms with E-state index < -0.39 is 0 Å². The first-order valence-corrected chi connectivity index (χ1v) is 3.93. The summed E-state index contributed by atoms with van der Waals surface area (Å²) in [4.78, 5) is 2.03. The van der Waals surface area contributed by atoms with E-state index in [0.717, 1.165) is 18.7 Å². The summed E-state index contributed by atoms with van der Waals surface area (Å²) in [5.41, 5.74) is 0. The van der Waals surface area contributed by atoms with Crippen molar-refractivity contribution in [2.24, 2.45) is 0 Å². The fraction of sp³-hybridized carbons (Fsp3) is 0.875. The van der Waals surface area contributed by atoms with Gasteiger partial charge in [-0.1, -0.05) is 13.8 Å². The normalized spacial score (nSPS) is 12.8. The van der Waals surface area contributed by atoms with Gasteiger partial charge >= 0.3 is 0 Å². The Morgan fingerprint density at radius 1 is 1.50 bits per heavy atom. The number of rotatable bonds is 3. The molecular weight excluding hydrogens is 124 g/mol. The molecule has 0 aromatic heterocycles. The Kier molecular flexibility index (Phi) is 4.08. The second-order valence-corrected chi connectivity index (χ2v) is 2.67. The van der Waals surface area contributed by atoms with E-state index in [4.69, 9.17) is 5.41 Å². The van der Waals surface area contributed by atoms with Gasteiger partial charge in [0.25, 0.3) is 0 Å². The molecule has 0 rings (SSSR count). The maximum atomic E-state index is 7.50. The van der Waals surface area contributed by atoms with E-state index >= 15 is 0 Å². The molecule has 2 nitrogen and oxygen atoms in total. The van der Waals surface area contributed by atoms with Crippen molar-refractivity contribution in [1.29, 1.82) is 5.41 Å². The highest BCUT2D eigenvalue weighted by atomic mass is 15.2. The van der Waals surface area contributed by atoms with Crippen molar-refractivity contribution < 1.29 is 0 Å². The summed E-state index contributed by atoms with van der Waals surface area (Å²) in [5, 5.41) is 7.50. The van der Waals surface area contributed by atoms with Crippen LogP contribution in [0.1, 0.15) is 33.6 Å². The zero-order valence-electron chi connectivity index (χ0n) is 7.44. The molecule has 0 radical (unpaired) electrons. The van der Waals surface area contributed by atoms with Crippen molar-refractivity contribution in [1.82, 2.24) is 4.90 Å². The molecule has 0 heterocycles. The number of amidine groups is 1. The number of hydrogen-bond acceptors (Lipinski definition) is 1. The van der Waals surface area contributed by atoms with Crippen LogP contribution < -0.4 is 0 Å². The largest absolute Gasteiger partial charge is 0.361 e. The highest BCUT2D eigenvalue weighted by Crippen LogP contribution is 2.01. The zero-order chi connectivity index (χ0) is 8.15. The number of nitrogens with zero attached hydrogens (tertiary/aromatic N) is 1. The molecule has 0 saturated carbocycles. The maximum Gasteiger partial charge on any atom is 0.0954 e. The lowest BCUT2D eigenvalue weighted by atomic mass is 10.2. The zero-order valence-corrected chi connectivity index (χ0v) is 7.44. The molecule has 0 bridgehead atoms. The van der Waals surface area contributed by atoms with E-state index in [1.54, 1.807) is 0 Å². The quantitative estimate of drug-likeness (QED) is 0.474. The molecule has 0 aliphatic heterocycles. The lowest BCUT2D eigenvalue weighted by Gasteiger charge is -2.25. The van der Waals surface area contributed by atoms with E-state index in [1.165, 1.54) is 0 Å². The molecular formula is C8H18N2. The molecule has 60 valence electrons. The Hall–Kier alpha value is -0.530. The van der Waals surface area contributed by atoms with Crippen LogP contribution in [0.3, 0.4) is 0 Å². The molecule has 0 spiro atoms. The lowest BCUT2D eigenvalue weighted by Crippen LogP contribution is -2.33. The van der Waals surface area contributed by atoms with E-state index in [-0.39, 0.29) is 0 Å². The third-order valence-corrected chi connectivity index (χ3v) is 2.01. The Morgan fingerprint density at radius 3 is 2.30 bits per heavy atom. The van der Waals surface area contributed by atoms with Gasteiger partial charge in [-0.25, -0.2) is 0 Å². The topological polar surface area (TPSA) is 27.1 Å². The maximum absolute atomic E-state index is 7.50. The number of nitrogens with one attached hydrogen (secondary N) is 1. The van der Waals surface area contributed by atoms with Crippen molar-refractivity contribution in [2.45, 2.75) is 39.7 Å². The smallest absolute Gasteiger partial charge is 0.0954 e. The summed E-state index contributed by atoms with van der Waals surface area (Å²) in [6.07, 6.45) is 1.94. The van der Waals surface area contributed by atoms with E-state index in [9.17, 15) is 0 Å². The van der Waals surface area contributed by atoms with Crippen LogP contribution in [0, 0.1) is 5.41 Å². The second-order valence-electron chi connectivity index (χ2n) is 2.67. The number of hydrogen-bond donors (Lipinski definition) is 1. The van der Waals surface area contributed by atoms with Gasteiger partial charge in [0.15, 0.2) is 0 Å². The fourth-order valence-corrected chi connectivity index (χ4v) is 0.789. The van der Waals surface area contributed by atoms with Crippen LogP contribution >= 0.6 is 0 Å². The first kappa shape index (κ1) is 9.47. The molecule has 0 aromatic rings. The third-order valence-electron chi connectivity index (χ3n) is 2.01. The van der Waals surface area contributed by atoms with Gasteiger partial charge in [0, 0.05) is 19.5 Å². The highest BCUT2D eigenvalue weighted by molar-refractivity contribution is 5.78. The summed E-state index contributed by atoms with van der Waals surface area (Å²) in [5.74, 6) is 0.731. The van der Waals surface area contributed by atoms with E-state index in [2.05, 4.69) is 13.8 Å². The van der Waals surface area contributed by atoms with Gasteiger partial charge in [-0.3, -0.25) is 5.41 Å². The summed E-state index contributed by atoms with van der Waals surface area (Å²) < 4.78 is 0. The van der Waals surface area contributed by atoms with Gasteiger partial charge in [0.2, 0.25) is 0 Å². The van der Waals surface area contributed by atoms with Gasteiger partial charge in [-0.05, 0) is 13.3 Å². The molecule has 0 fully saturated rings. The van der Waals surface area contributed by atoms with Crippen LogP contribution in [0.15, 0.2) is 0 Å². The Labute approximate surface area is 63.7 Å². The Bertz CT molecular complexity index is 110. The first-order chi connectivity index (χ1) is 4.63.